The molecular weight excluding hydrogens is 256 g/mol. The summed E-state index contributed by atoms with van der Waals surface area (Å²) in [5, 5.41) is 3.76. The van der Waals surface area contributed by atoms with Gasteiger partial charge in [0, 0.05) is 19.6 Å². The van der Waals surface area contributed by atoms with Crippen molar-refractivity contribution in [2.75, 3.05) is 32.7 Å². The molecule has 0 aromatic rings. The topological polar surface area (TPSA) is 15.3 Å². The Balaban J connectivity index is 1.93. The van der Waals surface area contributed by atoms with E-state index >= 15 is 0 Å². The van der Waals surface area contributed by atoms with Crippen LogP contribution in [0.15, 0.2) is 0 Å². The Kier molecular flexibility index (Phi) is 7.53. The largest absolute Gasteiger partial charge is 0.316 e. The van der Waals surface area contributed by atoms with Crippen LogP contribution in [0, 0.1) is 11.3 Å². The lowest BCUT2D eigenvalue weighted by Gasteiger charge is -2.41. The highest BCUT2D eigenvalue weighted by Gasteiger charge is 2.33. The maximum atomic E-state index is 3.76. The Morgan fingerprint density at radius 2 is 1.81 bits per heavy atom. The first-order valence-electron chi connectivity index (χ1n) is 9.71. The molecule has 1 N–H and O–H groups in total. The van der Waals surface area contributed by atoms with Crippen molar-refractivity contribution in [2.45, 2.75) is 78.1 Å². The van der Waals surface area contributed by atoms with E-state index in [2.05, 4.69) is 24.1 Å². The van der Waals surface area contributed by atoms with Gasteiger partial charge in [-0.3, -0.25) is 0 Å². The van der Waals surface area contributed by atoms with E-state index in [0.29, 0.717) is 5.41 Å². The Hall–Kier alpha value is -0.0800. The zero-order chi connectivity index (χ0) is 15.0. The van der Waals surface area contributed by atoms with E-state index in [1.54, 1.807) is 0 Å². The standard InChI is InChI=1S/C19H38N2/c1-3-13-20-16-19(11-7-5-6-8-12-19)17-21-14-9-10-18(4-2)15-21/h18,20H,3-17H2,1-2H3. The maximum Gasteiger partial charge on any atom is 0.00503 e. The van der Waals surface area contributed by atoms with Crippen LogP contribution in [-0.2, 0) is 0 Å². The molecule has 2 aliphatic rings. The van der Waals surface area contributed by atoms with Gasteiger partial charge in [0.2, 0.25) is 0 Å². The van der Waals surface area contributed by atoms with Crippen LogP contribution in [0.25, 0.3) is 0 Å². The third-order valence-corrected chi connectivity index (χ3v) is 5.83. The third kappa shape index (κ3) is 5.56. The predicted octanol–water partition coefficient (Wildman–Crippen LogP) is 4.45. The quantitative estimate of drug-likeness (QED) is 0.551. The maximum absolute atomic E-state index is 3.76. The number of rotatable bonds is 7. The highest BCUT2D eigenvalue weighted by atomic mass is 15.1. The average molecular weight is 295 g/mol. The normalized spacial score (nSPS) is 27.4. The highest BCUT2D eigenvalue weighted by molar-refractivity contribution is 4.88. The molecule has 1 saturated heterocycles. The van der Waals surface area contributed by atoms with Gasteiger partial charge < -0.3 is 10.2 Å². The Morgan fingerprint density at radius 1 is 1.05 bits per heavy atom. The molecule has 2 fully saturated rings. The van der Waals surface area contributed by atoms with E-state index in [9.17, 15) is 0 Å². The molecular formula is C19H38N2. The van der Waals surface area contributed by atoms with Crippen LogP contribution in [0.3, 0.4) is 0 Å². The van der Waals surface area contributed by atoms with E-state index < -0.39 is 0 Å². The number of nitrogens with zero attached hydrogens (tertiary/aromatic N) is 1. The fourth-order valence-electron chi connectivity index (χ4n) is 4.50. The Bertz CT molecular complexity index is 269. The second kappa shape index (κ2) is 9.15. The van der Waals surface area contributed by atoms with Crippen molar-refractivity contribution < 1.29 is 0 Å². The van der Waals surface area contributed by atoms with E-state index in [4.69, 9.17) is 0 Å². The summed E-state index contributed by atoms with van der Waals surface area (Å²) in [5.74, 6) is 0.963. The van der Waals surface area contributed by atoms with Crippen molar-refractivity contribution in [3.05, 3.63) is 0 Å². The summed E-state index contributed by atoms with van der Waals surface area (Å²) < 4.78 is 0. The lowest BCUT2D eigenvalue weighted by atomic mass is 9.78. The first kappa shape index (κ1) is 17.3. The minimum Gasteiger partial charge on any atom is -0.316 e. The van der Waals surface area contributed by atoms with Gasteiger partial charge in [-0.25, -0.2) is 0 Å². The fraction of sp³-hybridized carbons (Fsp3) is 1.00. The van der Waals surface area contributed by atoms with Gasteiger partial charge in [-0.1, -0.05) is 46.0 Å². The lowest BCUT2D eigenvalue weighted by molar-refractivity contribution is 0.0880. The molecule has 0 aromatic carbocycles. The molecule has 1 atom stereocenters. The number of nitrogens with one attached hydrogen (secondary N) is 1. The van der Waals surface area contributed by atoms with Crippen LogP contribution in [0.2, 0.25) is 0 Å². The molecule has 1 saturated carbocycles. The summed E-state index contributed by atoms with van der Waals surface area (Å²) in [4.78, 5) is 2.82. The van der Waals surface area contributed by atoms with Crippen molar-refractivity contribution in [1.29, 1.82) is 0 Å². The molecule has 21 heavy (non-hydrogen) atoms. The molecule has 2 heteroatoms. The molecule has 1 aliphatic heterocycles. The molecule has 0 bridgehead atoms. The van der Waals surface area contributed by atoms with Gasteiger partial charge in [0.05, 0.1) is 0 Å². The minimum absolute atomic E-state index is 0.571. The van der Waals surface area contributed by atoms with Crippen LogP contribution < -0.4 is 5.32 Å². The van der Waals surface area contributed by atoms with Crippen molar-refractivity contribution >= 4 is 0 Å². The smallest absolute Gasteiger partial charge is 0.00503 e. The van der Waals surface area contributed by atoms with Crippen LogP contribution in [0.4, 0.5) is 0 Å². The number of hydrogen-bond acceptors (Lipinski definition) is 2. The lowest BCUT2D eigenvalue weighted by Crippen LogP contribution is -2.47. The van der Waals surface area contributed by atoms with Gasteiger partial charge in [0.1, 0.15) is 0 Å². The number of hydrogen-bond donors (Lipinski definition) is 1. The van der Waals surface area contributed by atoms with E-state index in [-0.39, 0.29) is 0 Å². The van der Waals surface area contributed by atoms with Crippen molar-refractivity contribution in [3.63, 3.8) is 0 Å². The van der Waals surface area contributed by atoms with E-state index in [1.807, 2.05) is 0 Å². The first-order chi connectivity index (χ1) is 10.3. The molecule has 2 rings (SSSR count). The van der Waals surface area contributed by atoms with Gasteiger partial charge in [-0.05, 0) is 56.5 Å². The van der Waals surface area contributed by atoms with E-state index in [0.717, 1.165) is 5.92 Å². The monoisotopic (exact) mass is 294 g/mol. The van der Waals surface area contributed by atoms with Gasteiger partial charge in [0.25, 0.3) is 0 Å². The number of likely N-dealkylation sites (tertiary alicyclic amines) is 1. The molecule has 0 aromatic heterocycles. The third-order valence-electron chi connectivity index (χ3n) is 5.83. The minimum atomic E-state index is 0.571. The summed E-state index contributed by atoms with van der Waals surface area (Å²) in [5.41, 5.74) is 0.571. The molecule has 0 spiro atoms. The molecule has 1 aliphatic carbocycles. The fourth-order valence-corrected chi connectivity index (χ4v) is 4.50. The van der Waals surface area contributed by atoms with Crippen molar-refractivity contribution in [1.82, 2.24) is 10.2 Å². The predicted molar refractivity (Wildman–Crippen MR) is 92.8 cm³/mol. The summed E-state index contributed by atoms with van der Waals surface area (Å²) in [6, 6.07) is 0. The molecule has 2 nitrogen and oxygen atoms in total. The summed E-state index contributed by atoms with van der Waals surface area (Å²) in [6.45, 7) is 11.2. The zero-order valence-corrected chi connectivity index (χ0v) is 14.6. The zero-order valence-electron chi connectivity index (χ0n) is 14.6. The second-order valence-corrected chi connectivity index (χ2v) is 7.74. The van der Waals surface area contributed by atoms with Gasteiger partial charge in [-0.15, -0.1) is 0 Å². The molecule has 1 heterocycles. The highest BCUT2D eigenvalue weighted by Crippen LogP contribution is 2.36. The summed E-state index contributed by atoms with van der Waals surface area (Å²) in [7, 11) is 0. The SMILES string of the molecule is CCCNCC1(CN2CCCC(CC)C2)CCCCCC1. The van der Waals surface area contributed by atoms with E-state index in [1.165, 1.54) is 96.9 Å². The molecule has 0 radical (unpaired) electrons. The molecule has 124 valence electrons. The van der Waals surface area contributed by atoms with Gasteiger partial charge >= 0.3 is 0 Å². The molecule has 1 unspecified atom stereocenters. The second-order valence-electron chi connectivity index (χ2n) is 7.74. The van der Waals surface area contributed by atoms with Crippen molar-refractivity contribution in [3.8, 4) is 0 Å². The van der Waals surface area contributed by atoms with Crippen LogP contribution >= 0.6 is 0 Å². The average Bonchev–Trinajstić information content (AvgIpc) is 2.74. The Morgan fingerprint density at radius 3 is 2.48 bits per heavy atom. The van der Waals surface area contributed by atoms with Crippen LogP contribution in [0.5, 0.6) is 0 Å². The van der Waals surface area contributed by atoms with Gasteiger partial charge in [0.15, 0.2) is 0 Å². The number of piperidine rings is 1. The van der Waals surface area contributed by atoms with Crippen LogP contribution in [0.1, 0.15) is 78.1 Å². The summed E-state index contributed by atoms with van der Waals surface area (Å²) in [6.07, 6.45) is 14.3. The van der Waals surface area contributed by atoms with Crippen molar-refractivity contribution in [2.24, 2.45) is 11.3 Å². The van der Waals surface area contributed by atoms with Gasteiger partial charge in [-0.2, -0.15) is 0 Å². The summed E-state index contributed by atoms with van der Waals surface area (Å²) >= 11 is 0. The molecule has 0 amide bonds. The first-order valence-corrected chi connectivity index (χ1v) is 9.71. The van der Waals surface area contributed by atoms with Crippen LogP contribution in [-0.4, -0.2) is 37.6 Å². The Labute approximate surface area is 133 Å².